The molecule has 1 aromatic heterocycles. The Labute approximate surface area is 126 Å². The Bertz CT molecular complexity index is 456. The van der Waals surface area contributed by atoms with Gasteiger partial charge < -0.3 is 10.1 Å². The van der Waals surface area contributed by atoms with E-state index in [1.807, 2.05) is 0 Å². The molecule has 0 amide bonds. The monoisotopic (exact) mass is 322 g/mol. The van der Waals surface area contributed by atoms with Gasteiger partial charge in [0.15, 0.2) is 0 Å². The first-order chi connectivity index (χ1) is 9.83. The molecule has 0 aromatic carbocycles. The third-order valence-corrected chi connectivity index (χ3v) is 4.12. The fourth-order valence-electron chi connectivity index (χ4n) is 1.96. The van der Waals surface area contributed by atoms with Gasteiger partial charge in [-0.1, -0.05) is 13.8 Å². The highest BCUT2D eigenvalue weighted by molar-refractivity contribution is 7.11. The zero-order valence-electron chi connectivity index (χ0n) is 12.3. The van der Waals surface area contributed by atoms with Crippen molar-refractivity contribution in [2.24, 2.45) is 5.92 Å². The van der Waals surface area contributed by atoms with E-state index in [0.29, 0.717) is 17.0 Å². The molecule has 1 heterocycles. The van der Waals surface area contributed by atoms with Crippen LogP contribution in [0.2, 0.25) is 0 Å². The Balaban J connectivity index is 1.93. The topological polar surface area (TPSA) is 34.1 Å². The average molecular weight is 322 g/mol. The molecule has 3 nitrogen and oxygen atoms in total. The van der Waals surface area contributed by atoms with Crippen LogP contribution in [0.25, 0.3) is 0 Å². The van der Waals surface area contributed by atoms with Crippen molar-refractivity contribution in [3.8, 4) is 0 Å². The molecule has 1 aliphatic rings. The fraction of sp³-hybridized carbons (Fsp3) is 0.786. The number of thiazole rings is 1. The number of nitrogens with one attached hydrogen (secondary N) is 1. The van der Waals surface area contributed by atoms with Gasteiger partial charge in [0.25, 0.3) is 0 Å². The summed E-state index contributed by atoms with van der Waals surface area (Å²) in [6, 6.07) is 0.601. The second-order valence-electron chi connectivity index (χ2n) is 5.84. The van der Waals surface area contributed by atoms with Gasteiger partial charge in [0.2, 0.25) is 0 Å². The normalized spacial score (nSPS) is 15.9. The SMILES string of the molecule is CC(C)Cc1nc(COCC(F)(F)F)sc1CNC1CC1. The molecule has 21 heavy (non-hydrogen) atoms. The van der Waals surface area contributed by atoms with Crippen LogP contribution < -0.4 is 5.32 Å². The Morgan fingerprint density at radius 3 is 2.67 bits per heavy atom. The Morgan fingerprint density at radius 2 is 2.10 bits per heavy atom. The molecule has 0 atom stereocenters. The molecule has 0 aliphatic heterocycles. The van der Waals surface area contributed by atoms with E-state index in [9.17, 15) is 13.2 Å². The van der Waals surface area contributed by atoms with Crippen LogP contribution in [0.15, 0.2) is 0 Å². The van der Waals surface area contributed by atoms with Crippen LogP contribution in [0.4, 0.5) is 13.2 Å². The van der Waals surface area contributed by atoms with E-state index < -0.39 is 12.8 Å². The molecule has 1 fully saturated rings. The zero-order valence-corrected chi connectivity index (χ0v) is 13.1. The minimum absolute atomic E-state index is 0.0707. The highest BCUT2D eigenvalue weighted by Crippen LogP contribution is 2.25. The lowest BCUT2D eigenvalue weighted by molar-refractivity contribution is -0.176. The van der Waals surface area contributed by atoms with Crippen LogP contribution in [-0.4, -0.2) is 23.8 Å². The number of rotatable bonds is 8. The van der Waals surface area contributed by atoms with Crippen molar-refractivity contribution in [3.05, 3.63) is 15.6 Å². The van der Waals surface area contributed by atoms with Crippen LogP contribution in [-0.2, 0) is 24.3 Å². The van der Waals surface area contributed by atoms with Gasteiger partial charge in [-0.2, -0.15) is 13.2 Å². The van der Waals surface area contributed by atoms with Crippen molar-refractivity contribution in [1.82, 2.24) is 10.3 Å². The van der Waals surface area contributed by atoms with E-state index in [0.717, 1.165) is 23.5 Å². The lowest BCUT2D eigenvalue weighted by Gasteiger charge is -2.05. The van der Waals surface area contributed by atoms with Gasteiger partial charge >= 0.3 is 6.18 Å². The van der Waals surface area contributed by atoms with Gasteiger partial charge in [-0.15, -0.1) is 11.3 Å². The summed E-state index contributed by atoms with van der Waals surface area (Å²) >= 11 is 1.46. The van der Waals surface area contributed by atoms with Gasteiger partial charge in [-0.3, -0.25) is 0 Å². The molecule has 2 rings (SSSR count). The Hall–Kier alpha value is -0.660. The van der Waals surface area contributed by atoms with Crippen LogP contribution in [0.5, 0.6) is 0 Å². The smallest absolute Gasteiger partial charge is 0.365 e. The summed E-state index contributed by atoms with van der Waals surface area (Å²) < 4.78 is 40.9. The highest BCUT2D eigenvalue weighted by Gasteiger charge is 2.27. The maximum atomic E-state index is 12.1. The molecule has 0 bridgehead atoms. The third-order valence-electron chi connectivity index (χ3n) is 3.04. The summed E-state index contributed by atoms with van der Waals surface area (Å²) in [6.45, 7) is 3.68. The summed E-state index contributed by atoms with van der Waals surface area (Å²) in [7, 11) is 0. The number of alkyl halides is 3. The third kappa shape index (κ3) is 6.32. The number of halogens is 3. The first-order valence-electron chi connectivity index (χ1n) is 7.19. The van der Waals surface area contributed by atoms with Crippen molar-refractivity contribution in [2.75, 3.05) is 6.61 Å². The van der Waals surface area contributed by atoms with Crippen LogP contribution in [0.1, 0.15) is 42.3 Å². The first kappa shape index (κ1) is 16.7. The summed E-state index contributed by atoms with van der Waals surface area (Å²) in [5, 5.41) is 4.06. The summed E-state index contributed by atoms with van der Waals surface area (Å²) in [6.07, 6.45) is -1.02. The van der Waals surface area contributed by atoms with Gasteiger partial charge in [0.1, 0.15) is 11.6 Å². The predicted molar refractivity (Wildman–Crippen MR) is 76.2 cm³/mol. The average Bonchev–Trinajstić information content (AvgIpc) is 3.09. The van der Waals surface area contributed by atoms with Gasteiger partial charge in [-0.25, -0.2) is 4.98 Å². The van der Waals surface area contributed by atoms with Crippen molar-refractivity contribution in [2.45, 2.75) is 58.5 Å². The maximum absolute atomic E-state index is 12.1. The quantitative estimate of drug-likeness (QED) is 0.793. The van der Waals surface area contributed by atoms with Gasteiger partial charge in [0, 0.05) is 17.5 Å². The summed E-state index contributed by atoms with van der Waals surface area (Å²) in [5.41, 5.74) is 0.994. The van der Waals surface area contributed by atoms with Crippen molar-refractivity contribution >= 4 is 11.3 Å². The maximum Gasteiger partial charge on any atom is 0.411 e. The molecule has 120 valence electrons. The molecule has 1 aliphatic carbocycles. The zero-order chi connectivity index (χ0) is 15.5. The molecular formula is C14H21F3N2OS. The number of hydrogen-bond acceptors (Lipinski definition) is 4. The molecule has 0 spiro atoms. The van der Waals surface area contributed by atoms with Crippen LogP contribution >= 0.6 is 11.3 Å². The van der Waals surface area contributed by atoms with Crippen molar-refractivity contribution in [1.29, 1.82) is 0 Å². The molecular weight excluding hydrogens is 301 g/mol. The van der Waals surface area contributed by atoms with E-state index >= 15 is 0 Å². The lowest BCUT2D eigenvalue weighted by atomic mass is 10.1. The van der Waals surface area contributed by atoms with E-state index in [1.165, 1.54) is 24.2 Å². The van der Waals surface area contributed by atoms with Gasteiger partial charge in [-0.05, 0) is 25.2 Å². The van der Waals surface area contributed by atoms with E-state index in [4.69, 9.17) is 4.74 Å². The number of hydrogen-bond donors (Lipinski definition) is 1. The van der Waals surface area contributed by atoms with E-state index in [2.05, 4.69) is 24.1 Å². The second-order valence-corrected chi connectivity index (χ2v) is 7.01. The predicted octanol–water partition coefficient (Wildman–Crippen LogP) is 3.67. The Morgan fingerprint density at radius 1 is 1.38 bits per heavy atom. The lowest BCUT2D eigenvalue weighted by Crippen LogP contribution is -2.16. The van der Waals surface area contributed by atoms with Gasteiger partial charge in [0.05, 0.1) is 12.3 Å². The standard InChI is InChI=1S/C14H21F3N2OS/c1-9(2)5-11-12(6-18-10-3-4-10)21-13(19-11)7-20-8-14(15,16)17/h9-10,18H,3-8H2,1-2H3. The molecule has 1 N–H and O–H groups in total. The molecule has 7 heteroatoms. The molecule has 1 aromatic rings. The highest BCUT2D eigenvalue weighted by atomic mass is 32.1. The molecule has 1 saturated carbocycles. The fourth-order valence-corrected chi connectivity index (χ4v) is 2.95. The summed E-state index contributed by atoms with van der Waals surface area (Å²) in [5.74, 6) is 0.468. The van der Waals surface area contributed by atoms with Crippen molar-refractivity contribution < 1.29 is 17.9 Å². The van der Waals surface area contributed by atoms with Crippen LogP contribution in [0.3, 0.4) is 0 Å². The van der Waals surface area contributed by atoms with E-state index in [1.54, 1.807) is 0 Å². The van der Waals surface area contributed by atoms with E-state index in [-0.39, 0.29) is 6.61 Å². The molecule has 0 saturated heterocycles. The van der Waals surface area contributed by atoms with Crippen LogP contribution in [0, 0.1) is 5.92 Å². The Kier molecular flexibility index (Phi) is 5.62. The first-order valence-corrected chi connectivity index (χ1v) is 8.00. The number of nitrogens with zero attached hydrogens (tertiary/aromatic N) is 1. The van der Waals surface area contributed by atoms with Crippen molar-refractivity contribution in [3.63, 3.8) is 0 Å². The molecule has 0 unspecified atom stereocenters. The summed E-state index contributed by atoms with van der Waals surface area (Å²) in [4.78, 5) is 5.58. The second kappa shape index (κ2) is 7.07. The minimum Gasteiger partial charge on any atom is -0.365 e. The molecule has 0 radical (unpaired) electrons. The number of ether oxygens (including phenoxy) is 1. The number of aromatic nitrogens is 1. The minimum atomic E-state index is -4.28. The largest absolute Gasteiger partial charge is 0.411 e.